The highest BCUT2D eigenvalue weighted by atomic mass is 16.5. The first-order valence-electron chi connectivity index (χ1n) is 14.0. The van der Waals surface area contributed by atoms with E-state index in [-0.39, 0.29) is 24.5 Å². The average molecular weight is 577 g/mol. The van der Waals surface area contributed by atoms with Gasteiger partial charge in [-0.2, -0.15) is 0 Å². The number of hydrogen-bond acceptors (Lipinski definition) is 7. The van der Waals surface area contributed by atoms with Gasteiger partial charge in [-0.05, 0) is 74.1 Å². The number of benzene rings is 3. The second-order valence-corrected chi connectivity index (χ2v) is 10.7. The minimum atomic E-state index is -0.452. The number of nitrogens with one attached hydrogen (secondary N) is 2. The van der Waals surface area contributed by atoms with Crippen molar-refractivity contribution in [2.24, 2.45) is 5.92 Å². The van der Waals surface area contributed by atoms with Crippen LogP contribution >= 0.6 is 0 Å². The van der Waals surface area contributed by atoms with Crippen molar-refractivity contribution in [1.82, 2.24) is 9.80 Å². The summed E-state index contributed by atoms with van der Waals surface area (Å²) < 4.78 is 16.9. The summed E-state index contributed by atoms with van der Waals surface area (Å²) in [6, 6.07) is 19.1. The van der Waals surface area contributed by atoms with E-state index in [4.69, 9.17) is 14.2 Å². The predicted molar refractivity (Wildman–Crippen MR) is 163 cm³/mol. The number of ether oxygens (including phenoxy) is 3. The number of aliphatic hydroxyl groups is 1. The van der Waals surface area contributed by atoms with Crippen LogP contribution in [0.3, 0.4) is 0 Å². The van der Waals surface area contributed by atoms with Crippen LogP contribution < -0.4 is 24.8 Å². The molecule has 224 valence electrons. The molecule has 0 radical (unpaired) electrons. The molecule has 0 unspecified atom stereocenters. The lowest BCUT2D eigenvalue weighted by Crippen LogP contribution is -2.49. The Hall–Kier alpha value is -4.28. The van der Waals surface area contributed by atoms with Gasteiger partial charge in [0.1, 0.15) is 23.4 Å². The van der Waals surface area contributed by atoms with Gasteiger partial charge >= 0.3 is 6.03 Å². The normalized spacial score (nSPS) is 17.4. The number of methoxy groups -OCH3 is 2. The number of anilines is 2. The highest BCUT2D eigenvalue weighted by Crippen LogP contribution is 2.31. The fourth-order valence-corrected chi connectivity index (χ4v) is 4.90. The van der Waals surface area contributed by atoms with Gasteiger partial charge < -0.3 is 34.9 Å². The molecule has 3 aromatic carbocycles. The summed E-state index contributed by atoms with van der Waals surface area (Å²) in [5, 5.41) is 15.5. The molecule has 0 aliphatic carbocycles. The molecule has 3 atom stereocenters. The number of likely N-dealkylation sites (N-methyl/N-ethyl adjacent to an activating group) is 1. The number of urea groups is 1. The fraction of sp³-hybridized carbons (Fsp3) is 0.375. The van der Waals surface area contributed by atoms with Crippen LogP contribution in [0.15, 0.2) is 66.7 Å². The zero-order valence-electron chi connectivity index (χ0n) is 24.8. The van der Waals surface area contributed by atoms with Crippen LogP contribution in [0.1, 0.15) is 29.8 Å². The van der Waals surface area contributed by atoms with Gasteiger partial charge in [-0.15, -0.1) is 0 Å². The van der Waals surface area contributed by atoms with Crippen molar-refractivity contribution in [3.63, 3.8) is 0 Å². The lowest BCUT2D eigenvalue weighted by atomic mass is 9.99. The summed E-state index contributed by atoms with van der Waals surface area (Å²) in [6.45, 7) is 5.45. The van der Waals surface area contributed by atoms with Crippen LogP contribution in [-0.4, -0.2) is 80.0 Å². The lowest BCUT2D eigenvalue weighted by Gasteiger charge is -2.38. The largest absolute Gasteiger partial charge is 0.497 e. The molecular weight excluding hydrogens is 536 g/mol. The Balaban J connectivity index is 1.53. The molecule has 0 bridgehead atoms. The second kappa shape index (κ2) is 14.1. The number of hydrogen-bond donors (Lipinski definition) is 3. The summed E-state index contributed by atoms with van der Waals surface area (Å²) in [4.78, 5) is 30.3. The van der Waals surface area contributed by atoms with Crippen molar-refractivity contribution in [3.05, 3.63) is 77.9 Å². The second-order valence-electron chi connectivity index (χ2n) is 10.7. The number of rotatable bonds is 10. The minimum Gasteiger partial charge on any atom is -0.497 e. The van der Waals surface area contributed by atoms with E-state index in [0.717, 1.165) is 11.3 Å². The Morgan fingerprint density at radius 3 is 2.24 bits per heavy atom. The zero-order valence-corrected chi connectivity index (χ0v) is 24.8. The summed E-state index contributed by atoms with van der Waals surface area (Å²) in [5.74, 6) is 1.66. The molecule has 10 heteroatoms. The Kier molecular flexibility index (Phi) is 10.3. The third-order valence-electron chi connectivity index (χ3n) is 7.37. The summed E-state index contributed by atoms with van der Waals surface area (Å²) in [6.07, 6.45) is -0.231. The summed E-state index contributed by atoms with van der Waals surface area (Å²) in [7, 11) is 5.26. The molecule has 0 spiro atoms. The van der Waals surface area contributed by atoms with Crippen molar-refractivity contribution in [1.29, 1.82) is 0 Å². The van der Waals surface area contributed by atoms with Crippen LogP contribution in [0.2, 0.25) is 0 Å². The van der Waals surface area contributed by atoms with E-state index in [0.29, 0.717) is 48.1 Å². The van der Waals surface area contributed by atoms with Crippen molar-refractivity contribution in [2.45, 2.75) is 32.5 Å². The maximum absolute atomic E-state index is 13.7. The molecular formula is C32H40N4O6. The van der Waals surface area contributed by atoms with Gasteiger partial charge in [-0.3, -0.25) is 9.69 Å². The van der Waals surface area contributed by atoms with Gasteiger partial charge in [0, 0.05) is 36.9 Å². The molecule has 1 heterocycles. The lowest BCUT2D eigenvalue weighted by molar-refractivity contribution is 0.0341. The fourth-order valence-electron chi connectivity index (χ4n) is 4.90. The van der Waals surface area contributed by atoms with Gasteiger partial charge in [0.2, 0.25) is 0 Å². The van der Waals surface area contributed by atoms with Crippen LogP contribution in [0, 0.1) is 5.92 Å². The number of amides is 3. The molecule has 10 nitrogen and oxygen atoms in total. The van der Waals surface area contributed by atoms with Gasteiger partial charge in [0.25, 0.3) is 5.91 Å². The Morgan fingerprint density at radius 2 is 1.62 bits per heavy atom. The Morgan fingerprint density at radius 1 is 1.02 bits per heavy atom. The topological polar surface area (TPSA) is 113 Å². The van der Waals surface area contributed by atoms with E-state index in [1.54, 1.807) is 61.6 Å². The third kappa shape index (κ3) is 7.71. The first-order valence-corrected chi connectivity index (χ1v) is 14.0. The van der Waals surface area contributed by atoms with Crippen LogP contribution in [0.5, 0.6) is 17.2 Å². The van der Waals surface area contributed by atoms with Crippen molar-refractivity contribution in [2.75, 3.05) is 51.6 Å². The Labute approximate surface area is 247 Å². The van der Waals surface area contributed by atoms with Gasteiger partial charge in [0.05, 0.1) is 32.4 Å². The van der Waals surface area contributed by atoms with E-state index in [1.165, 1.54) is 0 Å². The molecule has 42 heavy (non-hydrogen) atoms. The quantitative estimate of drug-likeness (QED) is 0.321. The number of nitrogens with zero attached hydrogens (tertiary/aromatic N) is 2. The van der Waals surface area contributed by atoms with Crippen molar-refractivity contribution in [3.8, 4) is 17.2 Å². The van der Waals surface area contributed by atoms with Gasteiger partial charge in [-0.25, -0.2) is 4.79 Å². The van der Waals surface area contributed by atoms with Crippen LogP contribution in [0.4, 0.5) is 16.2 Å². The Bertz CT molecular complexity index is 1350. The average Bonchev–Trinajstić information content (AvgIpc) is 2.99. The maximum atomic E-state index is 13.7. The van der Waals surface area contributed by atoms with E-state index >= 15 is 0 Å². The molecule has 3 amide bonds. The molecule has 1 aliphatic rings. The smallest absolute Gasteiger partial charge is 0.323 e. The predicted octanol–water partition coefficient (Wildman–Crippen LogP) is 4.70. The number of carbonyl (C=O) groups excluding carboxylic acids is 2. The van der Waals surface area contributed by atoms with Crippen LogP contribution in [-0.2, 0) is 6.54 Å². The van der Waals surface area contributed by atoms with E-state index in [2.05, 4.69) is 22.5 Å². The standard InChI is InChI=1S/C32H40N4O6/c1-21-17-36(22(2)20-37)31(38)28-16-25(34-32(39)33-24-8-13-27(41-5)14-9-24)10-15-29(28)42-30(21)19-35(3)18-23-6-11-26(40-4)12-7-23/h6-16,21-22,30,37H,17-20H2,1-5H3,(H2,33,34,39)/t21-,22+,30+/m0/s1. The maximum Gasteiger partial charge on any atom is 0.323 e. The highest BCUT2D eigenvalue weighted by Gasteiger charge is 2.33. The zero-order chi connectivity index (χ0) is 30.2. The van der Waals surface area contributed by atoms with Crippen molar-refractivity contribution >= 4 is 23.3 Å². The first kappa shape index (κ1) is 30.7. The highest BCUT2D eigenvalue weighted by molar-refractivity contribution is 6.02. The monoisotopic (exact) mass is 576 g/mol. The first-order chi connectivity index (χ1) is 20.2. The molecule has 0 fully saturated rings. The molecule has 3 N–H and O–H groups in total. The third-order valence-corrected chi connectivity index (χ3v) is 7.37. The van der Waals surface area contributed by atoms with E-state index < -0.39 is 12.1 Å². The molecule has 1 aliphatic heterocycles. The summed E-state index contributed by atoms with van der Waals surface area (Å²) >= 11 is 0. The van der Waals surface area contributed by atoms with Gasteiger partial charge in [0.15, 0.2) is 0 Å². The molecule has 4 rings (SSSR count). The molecule has 0 saturated heterocycles. The molecule has 0 aromatic heterocycles. The molecule has 0 saturated carbocycles. The molecule has 3 aromatic rings. The minimum absolute atomic E-state index is 0.0116. The van der Waals surface area contributed by atoms with E-state index in [1.807, 2.05) is 38.2 Å². The summed E-state index contributed by atoms with van der Waals surface area (Å²) in [5.41, 5.74) is 2.51. The number of aliphatic hydroxyl groups excluding tert-OH is 1. The van der Waals surface area contributed by atoms with Gasteiger partial charge in [-0.1, -0.05) is 19.1 Å². The number of carbonyl (C=O) groups is 2. The SMILES string of the molecule is COc1ccc(CN(C)C[C@H]2Oc3ccc(NC(=O)Nc4ccc(OC)cc4)cc3C(=O)N([C@H](C)CO)C[C@@H]2C)cc1. The van der Waals surface area contributed by atoms with E-state index in [9.17, 15) is 14.7 Å². The van der Waals surface area contributed by atoms with Crippen LogP contribution in [0.25, 0.3) is 0 Å². The number of fused-ring (bicyclic) bond motifs is 1. The van der Waals surface area contributed by atoms with Crippen molar-refractivity contribution < 1.29 is 28.9 Å².